The molecule has 9 nitrogen and oxygen atoms in total. The number of benzene rings is 3. The first-order valence-corrected chi connectivity index (χ1v) is 13.1. The van der Waals surface area contributed by atoms with Crippen molar-refractivity contribution in [2.24, 2.45) is 5.92 Å². The lowest BCUT2D eigenvalue weighted by molar-refractivity contribution is -0.142. The molecule has 3 N–H and O–H groups in total. The summed E-state index contributed by atoms with van der Waals surface area (Å²) in [5.41, 5.74) is 4.45. The van der Waals surface area contributed by atoms with Crippen LogP contribution in [0.15, 0.2) is 72.8 Å². The fraction of sp³-hybridized carbons (Fsp3) is 0.290. The molecule has 3 aromatic carbocycles. The topological polar surface area (TPSA) is 131 Å². The molecule has 0 fully saturated rings. The van der Waals surface area contributed by atoms with Gasteiger partial charge < -0.3 is 25.2 Å². The molecule has 0 radical (unpaired) electrons. The first-order valence-electron chi connectivity index (χ1n) is 13.1. The van der Waals surface area contributed by atoms with E-state index in [1.54, 1.807) is 26.0 Å². The predicted molar refractivity (Wildman–Crippen MR) is 148 cm³/mol. The number of amides is 2. The number of ether oxygens (including phenoxy) is 2. The number of carbonyl (C=O) groups excluding carboxylic acids is 4. The normalized spacial score (nSPS) is 14.3. The summed E-state index contributed by atoms with van der Waals surface area (Å²) in [6.07, 6.45) is -1.57. The van der Waals surface area contributed by atoms with E-state index in [0.717, 1.165) is 22.3 Å². The molecule has 40 heavy (non-hydrogen) atoms. The highest BCUT2D eigenvalue weighted by Gasteiger charge is 2.34. The predicted octanol–water partition coefficient (Wildman–Crippen LogP) is 3.83. The Morgan fingerprint density at radius 2 is 1.43 bits per heavy atom. The Morgan fingerprint density at radius 1 is 0.850 bits per heavy atom. The molecule has 1 aliphatic rings. The van der Waals surface area contributed by atoms with Crippen LogP contribution in [0.25, 0.3) is 11.1 Å². The maximum atomic E-state index is 13.1. The van der Waals surface area contributed by atoms with Gasteiger partial charge in [-0.05, 0) is 47.2 Å². The number of fused-ring (bicyclic) bond motifs is 3. The van der Waals surface area contributed by atoms with Crippen LogP contribution in [-0.4, -0.2) is 54.2 Å². The van der Waals surface area contributed by atoms with Crippen molar-refractivity contribution >= 4 is 24.3 Å². The zero-order valence-corrected chi connectivity index (χ0v) is 22.5. The van der Waals surface area contributed by atoms with Gasteiger partial charge in [-0.15, -0.1) is 0 Å². The fourth-order valence-corrected chi connectivity index (χ4v) is 4.76. The first kappa shape index (κ1) is 28.5. The maximum Gasteiger partial charge on any atom is 0.407 e. The van der Waals surface area contributed by atoms with E-state index >= 15 is 0 Å². The quantitative estimate of drug-likeness (QED) is 0.201. The van der Waals surface area contributed by atoms with Gasteiger partial charge in [0.2, 0.25) is 5.91 Å². The molecule has 0 aliphatic heterocycles. The number of para-hydroxylation sites is 1. The Bertz CT molecular complexity index is 1360. The lowest BCUT2D eigenvalue weighted by Gasteiger charge is -2.26. The fourth-order valence-electron chi connectivity index (χ4n) is 4.76. The Morgan fingerprint density at radius 3 is 2.00 bits per heavy atom. The SMILES string of the molecule is CC(C)[C@H](NC(=O)OCC1c2ccccc2-c2ccccc21)C(=O)N[C@H](C(=O)Oc1ccccc1C=O)[C@@H](C)O. The van der Waals surface area contributed by atoms with Gasteiger partial charge in [0.1, 0.15) is 18.4 Å². The van der Waals surface area contributed by atoms with Crippen molar-refractivity contribution in [3.8, 4) is 16.9 Å². The Hall–Kier alpha value is -4.50. The summed E-state index contributed by atoms with van der Waals surface area (Å²) in [5, 5.41) is 15.3. The van der Waals surface area contributed by atoms with Crippen LogP contribution >= 0.6 is 0 Å². The van der Waals surface area contributed by atoms with E-state index in [2.05, 4.69) is 10.6 Å². The number of hydrogen-bond donors (Lipinski definition) is 3. The van der Waals surface area contributed by atoms with Gasteiger partial charge in [0.15, 0.2) is 12.3 Å². The summed E-state index contributed by atoms with van der Waals surface area (Å²) in [6, 6.07) is 19.5. The summed E-state index contributed by atoms with van der Waals surface area (Å²) in [7, 11) is 0. The van der Waals surface area contributed by atoms with Gasteiger partial charge in [-0.1, -0.05) is 74.5 Å². The number of esters is 1. The molecule has 1 aliphatic carbocycles. The molecular formula is C31H32N2O7. The summed E-state index contributed by atoms with van der Waals surface area (Å²) >= 11 is 0. The molecule has 4 rings (SSSR count). The third-order valence-electron chi connectivity index (χ3n) is 6.86. The van der Waals surface area contributed by atoms with Crippen LogP contribution in [0.4, 0.5) is 4.79 Å². The zero-order valence-electron chi connectivity index (χ0n) is 22.5. The summed E-state index contributed by atoms with van der Waals surface area (Å²) in [6.45, 7) is 4.85. The molecule has 208 valence electrons. The Labute approximate surface area is 232 Å². The van der Waals surface area contributed by atoms with Gasteiger partial charge >= 0.3 is 12.1 Å². The van der Waals surface area contributed by atoms with Crippen LogP contribution in [-0.2, 0) is 14.3 Å². The molecule has 0 unspecified atom stereocenters. The van der Waals surface area contributed by atoms with Crippen LogP contribution in [0.3, 0.4) is 0 Å². The van der Waals surface area contributed by atoms with Crippen molar-refractivity contribution in [2.75, 3.05) is 6.61 Å². The van der Waals surface area contributed by atoms with E-state index in [-0.39, 0.29) is 29.8 Å². The van der Waals surface area contributed by atoms with E-state index in [0.29, 0.717) is 6.29 Å². The average Bonchev–Trinajstić information content (AvgIpc) is 3.26. The largest absolute Gasteiger partial charge is 0.449 e. The second kappa shape index (κ2) is 12.6. The monoisotopic (exact) mass is 544 g/mol. The van der Waals surface area contributed by atoms with Crippen LogP contribution in [0.1, 0.15) is 48.2 Å². The number of aliphatic hydroxyl groups excluding tert-OH is 1. The molecule has 0 saturated carbocycles. The zero-order chi connectivity index (χ0) is 28.8. The van der Waals surface area contributed by atoms with Gasteiger partial charge in [-0.2, -0.15) is 0 Å². The van der Waals surface area contributed by atoms with E-state index in [4.69, 9.17) is 9.47 Å². The van der Waals surface area contributed by atoms with Crippen molar-refractivity contribution in [3.63, 3.8) is 0 Å². The molecule has 3 atom stereocenters. The minimum absolute atomic E-state index is 0.000397. The minimum atomic E-state index is -1.45. The lowest BCUT2D eigenvalue weighted by Crippen LogP contribution is -2.57. The third kappa shape index (κ3) is 6.21. The maximum absolute atomic E-state index is 13.1. The highest BCUT2D eigenvalue weighted by molar-refractivity contribution is 5.91. The number of alkyl carbamates (subject to hydrolysis) is 1. The molecular weight excluding hydrogens is 512 g/mol. The molecule has 9 heteroatoms. The van der Waals surface area contributed by atoms with Gasteiger partial charge in [0, 0.05) is 5.92 Å². The van der Waals surface area contributed by atoms with Gasteiger partial charge in [0.25, 0.3) is 0 Å². The number of hydrogen-bond acceptors (Lipinski definition) is 7. The Kier molecular flexibility index (Phi) is 8.96. The summed E-state index contributed by atoms with van der Waals surface area (Å²) < 4.78 is 10.8. The number of carbonyl (C=O) groups is 4. The van der Waals surface area contributed by atoms with Crippen molar-refractivity contribution in [3.05, 3.63) is 89.5 Å². The van der Waals surface area contributed by atoms with E-state index in [1.807, 2.05) is 48.5 Å². The van der Waals surface area contributed by atoms with Crippen LogP contribution in [0, 0.1) is 5.92 Å². The molecule has 0 aromatic heterocycles. The number of aldehydes is 1. The molecule has 0 bridgehead atoms. The summed E-state index contributed by atoms with van der Waals surface area (Å²) in [5.74, 6) is -2.18. The van der Waals surface area contributed by atoms with Gasteiger partial charge in [0.05, 0.1) is 11.7 Å². The van der Waals surface area contributed by atoms with Crippen molar-refractivity contribution in [2.45, 2.75) is 44.9 Å². The highest BCUT2D eigenvalue weighted by Crippen LogP contribution is 2.44. The van der Waals surface area contributed by atoms with Crippen LogP contribution in [0.5, 0.6) is 5.75 Å². The highest BCUT2D eigenvalue weighted by atomic mass is 16.5. The van der Waals surface area contributed by atoms with Crippen molar-refractivity contribution in [1.29, 1.82) is 0 Å². The van der Waals surface area contributed by atoms with Crippen LogP contribution in [0.2, 0.25) is 0 Å². The van der Waals surface area contributed by atoms with Crippen molar-refractivity contribution < 1.29 is 33.8 Å². The number of aliphatic hydroxyl groups is 1. The molecule has 0 heterocycles. The number of nitrogens with one attached hydrogen (secondary N) is 2. The molecule has 3 aromatic rings. The standard InChI is InChI=1S/C31H32N2O7/c1-18(2)27(29(36)32-28(19(3)35)30(37)40-26-15-9-4-10-20(26)16-34)33-31(38)39-17-25-23-13-7-5-11-21(23)22-12-6-8-14-24(22)25/h4-16,18-19,25,27-28,35H,17H2,1-3H3,(H,32,36)(H,33,38)/t19-,27+,28+/m1/s1. The molecule has 0 spiro atoms. The minimum Gasteiger partial charge on any atom is -0.449 e. The summed E-state index contributed by atoms with van der Waals surface area (Å²) in [4.78, 5) is 50.0. The van der Waals surface area contributed by atoms with Gasteiger partial charge in [-0.3, -0.25) is 9.59 Å². The smallest absolute Gasteiger partial charge is 0.407 e. The molecule has 2 amide bonds. The average molecular weight is 545 g/mol. The van der Waals surface area contributed by atoms with E-state index in [1.165, 1.54) is 19.1 Å². The second-order valence-corrected chi connectivity index (χ2v) is 10.00. The third-order valence-corrected chi connectivity index (χ3v) is 6.86. The first-order chi connectivity index (χ1) is 19.2. The van der Waals surface area contributed by atoms with E-state index in [9.17, 15) is 24.3 Å². The van der Waals surface area contributed by atoms with Crippen LogP contribution < -0.4 is 15.4 Å². The second-order valence-electron chi connectivity index (χ2n) is 10.00. The molecule has 0 saturated heterocycles. The van der Waals surface area contributed by atoms with E-state index < -0.39 is 36.2 Å². The van der Waals surface area contributed by atoms with Gasteiger partial charge in [-0.25, -0.2) is 9.59 Å². The number of rotatable bonds is 10. The lowest BCUT2D eigenvalue weighted by atomic mass is 9.98. The van der Waals surface area contributed by atoms with Crippen molar-refractivity contribution in [1.82, 2.24) is 10.6 Å². The Balaban J connectivity index is 1.40.